The Morgan fingerprint density at radius 2 is 2.13 bits per heavy atom. The first-order chi connectivity index (χ1) is 10.9. The number of nitrogens with zero attached hydrogens (tertiary/aromatic N) is 1. The molecule has 1 heterocycles. The minimum atomic E-state index is -0.668. The number of aryl methyl sites for hydroxylation is 1. The van der Waals surface area contributed by atoms with Gasteiger partial charge in [-0.25, -0.2) is 4.98 Å². The summed E-state index contributed by atoms with van der Waals surface area (Å²) in [7, 11) is 0. The van der Waals surface area contributed by atoms with E-state index >= 15 is 0 Å². The number of ether oxygens (including phenoxy) is 1. The van der Waals surface area contributed by atoms with Gasteiger partial charge in [-0.05, 0) is 38.0 Å². The van der Waals surface area contributed by atoms with Gasteiger partial charge < -0.3 is 10.5 Å². The summed E-state index contributed by atoms with van der Waals surface area (Å²) in [6.07, 6.45) is -0.611. The summed E-state index contributed by atoms with van der Waals surface area (Å²) >= 11 is 1.24. The van der Waals surface area contributed by atoms with Crippen molar-refractivity contribution in [2.45, 2.75) is 33.3 Å². The number of nitrogens with one attached hydrogen (secondary N) is 1. The number of anilines is 1. The third-order valence-corrected chi connectivity index (χ3v) is 4.17. The van der Waals surface area contributed by atoms with Crippen LogP contribution in [0.25, 0.3) is 0 Å². The zero-order chi connectivity index (χ0) is 17.0. The fourth-order valence-corrected chi connectivity index (χ4v) is 2.64. The molecule has 0 aliphatic rings. The normalized spacial score (nSPS) is 11.8. The van der Waals surface area contributed by atoms with Crippen molar-refractivity contribution in [2.75, 3.05) is 5.32 Å². The first kappa shape index (κ1) is 17.0. The topological polar surface area (TPSA) is 94.3 Å². The lowest BCUT2D eigenvalue weighted by atomic mass is 10.1. The monoisotopic (exact) mass is 333 g/mol. The molecule has 0 spiro atoms. The number of benzene rings is 1. The number of rotatable bonds is 6. The van der Waals surface area contributed by atoms with Crippen molar-refractivity contribution in [3.05, 3.63) is 40.4 Å². The number of primary amides is 1. The van der Waals surface area contributed by atoms with Crippen LogP contribution in [-0.4, -0.2) is 22.9 Å². The van der Waals surface area contributed by atoms with Crippen LogP contribution < -0.4 is 15.8 Å². The average Bonchev–Trinajstić information content (AvgIpc) is 2.90. The molecule has 0 saturated carbocycles. The van der Waals surface area contributed by atoms with Crippen molar-refractivity contribution in [2.24, 2.45) is 5.73 Å². The fraction of sp³-hybridized carbons (Fsp3) is 0.312. The first-order valence-electron chi connectivity index (χ1n) is 7.13. The highest BCUT2D eigenvalue weighted by Crippen LogP contribution is 2.22. The van der Waals surface area contributed by atoms with E-state index in [9.17, 15) is 9.59 Å². The van der Waals surface area contributed by atoms with E-state index in [1.54, 1.807) is 12.3 Å². The molecule has 0 unspecified atom stereocenters. The van der Waals surface area contributed by atoms with Gasteiger partial charge in [0.05, 0.1) is 12.1 Å². The number of nitrogens with two attached hydrogens (primary N) is 1. The Bertz CT molecular complexity index is 727. The number of amides is 2. The van der Waals surface area contributed by atoms with E-state index in [-0.39, 0.29) is 12.3 Å². The molecule has 1 atom stereocenters. The van der Waals surface area contributed by atoms with E-state index in [1.807, 2.05) is 32.0 Å². The van der Waals surface area contributed by atoms with Gasteiger partial charge >= 0.3 is 0 Å². The Kier molecular flexibility index (Phi) is 5.33. The summed E-state index contributed by atoms with van der Waals surface area (Å²) in [6, 6.07) is 5.71. The summed E-state index contributed by atoms with van der Waals surface area (Å²) in [5, 5.41) is 4.79. The van der Waals surface area contributed by atoms with Gasteiger partial charge in [0.15, 0.2) is 11.2 Å². The van der Waals surface area contributed by atoms with Gasteiger partial charge in [-0.15, -0.1) is 11.3 Å². The molecule has 23 heavy (non-hydrogen) atoms. The van der Waals surface area contributed by atoms with Gasteiger partial charge in [0, 0.05) is 5.38 Å². The molecule has 1 aromatic heterocycles. The highest BCUT2D eigenvalue weighted by Gasteiger charge is 2.17. The smallest absolute Gasteiger partial charge is 0.266 e. The van der Waals surface area contributed by atoms with Crippen molar-refractivity contribution >= 4 is 28.3 Å². The molecular weight excluding hydrogens is 314 g/mol. The Balaban J connectivity index is 1.98. The molecule has 0 aliphatic heterocycles. The third kappa shape index (κ3) is 4.53. The number of hydrogen-bond acceptors (Lipinski definition) is 5. The highest BCUT2D eigenvalue weighted by molar-refractivity contribution is 7.13. The molecule has 122 valence electrons. The molecule has 7 heteroatoms. The van der Waals surface area contributed by atoms with Crippen LogP contribution in [0.4, 0.5) is 5.13 Å². The molecule has 2 aromatic rings. The quantitative estimate of drug-likeness (QED) is 0.847. The summed E-state index contributed by atoms with van der Waals surface area (Å²) in [6.45, 7) is 5.62. The molecule has 3 N–H and O–H groups in total. The zero-order valence-electron chi connectivity index (χ0n) is 13.3. The van der Waals surface area contributed by atoms with Crippen molar-refractivity contribution in [3.63, 3.8) is 0 Å². The maximum absolute atomic E-state index is 12.2. The summed E-state index contributed by atoms with van der Waals surface area (Å²) in [5.74, 6) is -0.0770. The van der Waals surface area contributed by atoms with Gasteiger partial charge in [0.1, 0.15) is 5.75 Å². The largest absolute Gasteiger partial charge is 0.481 e. The molecule has 2 rings (SSSR count). The number of aromatic nitrogens is 1. The van der Waals surface area contributed by atoms with Gasteiger partial charge in [0.2, 0.25) is 5.91 Å². The van der Waals surface area contributed by atoms with Crippen molar-refractivity contribution in [3.8, 4) is 5.75 Å². The molecule has 1 aromatic carbocycles. The van der Waals surface area contributed by atoms with Crippen LogP contribution in [0.1, 0.15) is 23.7 Å². The van der Waals surface area contributed by atoms with Crippen LogP contribution in [0.15, 0.2) is 23.6 Å². The lowest BCUT2D eigenvalue weighted by Crippen LogP contribution is -2.30. The molecule has 0 bridgehead atoms. The number of carbonyl (C=O) groups excluding carboxylic acids is 2. The molecule has 6 nitrogen and oxygen atoms in total. The summed E-state index contributed by atoms with van der Waals surface area (Å²) in [4.78, 5) is 27.2. The van der Waals surface area contributed by atoms with E-state index < -0.39 is 12.0 Å². The minimum Gasteiger partial charge on any atom is -0.481 e. The Hall–Kier alpha value is -2.41. The molecular formula is C16H19N3O3S. The van der Waals surface area contributed by atoms with E-state index in [0.717, 1.165) is 11.1 Å². The summed E-state index contributed by atoms with van der Waals surface area (Å²) < 4.78 is 5.72. The van der Waals surface area contributed by atoms with Crippen molar-refractivity contribution in [1.82, 2.24) is 4.98 Å². The number of hydrogen-bond donors (Lipinski definition) is 2. The van der Waals surface area contributed by atoms with Gasteiger partial charge in [-0.1, -0.05) is 12.1 Å². The Morgan fingerprint density at radius 3 is 2.83 bits per heavy atom. The van der Waals surface area contributed by atoms with E-state index in [4.69, 9.17) is 10.5 Å². The second-order valence-corrected chi connectivity index (χ2v) is 6.09. The molecule has 2 amide bonds. The molecule has 0 radical (unpaired) electrons. The predicted octanol–water partition coefficient (Wildman–Crippen LogP) is 2.19. The highest BCUT2D eigenvalue weighted by atomic mass is 32.1. The van der Waals surface area contributed by atoms with Gasteiger partial charge in [0.25, 0.3) is 5.91 Å². The van der Waals surface area contributed by atoms with Crippen LogP contribution in [-0.2, 0) is 16.0 Å². The van der Waals surface area contributed by atoms with Crippen LogP contribution in [0.5, 0.6) is 5.75 Å². The van der Waals surface area contributed by atoms with Crippen LogP contribution in [0, 0.1) is 13.8 Å². The van der Waals surface area contributed by atoms with Crippen molar-refractivity contribution in [1.29, 1.82) is 0 Å². The molecule has 0 saturated heterocycles. The first-order valence-corrected chi connectivity index (χ1v) is 8.01. The average molecular weight is 333 g/mol. The Morgan fingerprint density at radius 1 is 1.39 bits per heavy atom. The second kappa shape index (κ2) is 7.23. The minimum absolute atomic E-state index is 0.0565. The Labute approximate surface area is 138 Å². The van der Waals surface area contributed by atoms with E-state index in [1.165, 1.54) is 11.3 Å². The van der Waals surface area contributed by atoms with Gasteiger partial charge in [-0.2, -0.15) is 0 Å². The van der Waals surface area contributed by atoms with Gasteiger partial charge in [-0.3, -0.25) is 14.9 Å². The zero-order valence-corrected chi connectivity index (χ0v) is 14.1. The lowest BCUT2D eigenvalue weighted by Gasteiger charge is -2.16. The summed E-state index contributed by atoms with van der Waals surface area (Å²) in [5.41, 5.74) is 7.76. The number of thiazole rings is 1. The van der Waals surface area contributed by atoms with Crippen LogP contribution in [0.3, 0.4) is 0 Å². The maximum Gasteiger partial charge on any atom is 0.266 e. The number of carbonyl (C=O) groups is 2. The molecule has 0 fully saturated rings. The molecule has 0 aliphatic carbocycles. The van der Waals surface area contributed by atoms with Crippen molar-refractivity contribution < 1.29 is 14.3 Å². The third-order valence-electron chi connectivity index (χ3n) is 3.37. The predicted molar refractivity (Wildman–Crippen MR) is 89.6 cm³/mol. The van der Waals surface area contributed by atoms with E-state index in [0.29, 0.717) is 16.6 Å². The second-order valence-electron chi connectivity index (χ2n) is 5.23. The van der Waals surface area contributed by atoms with Crippen LogP contribution >= 0.6 is 11.3 Å². The van der Waals surface area contributed by atoms with E-state index in [2.05, 4.69) is 10.3 Å². The SMILES string of the molecule is Cc1cccc(O[C@@H](C)C(=O)Nc2nc(CC(N)=O)cs2)c1C. The fourth-order valence-electron chi connectivity index (χ4n) is 1.93. The standard InChI is InChI=1S/C16H19N3O3S/c1-9-5-4-6-13(10(9)2)22-11(3)15(21)19-16-18-12(8-23-16)7-14(17)20/h4-6,8,11H,7H2,1-3H3,(H2,17,20)(H,18,19,21)/t11-/m0/s1. The lowest BCUT2D eigenvalue weighted by molar-refractivity contribution is -0.122. The van der Waals surface area contributed by atoms with Crippen LogP contribution in [0.2, 0.25) is 0 Å². The maximum atomic E-state index is 12.2.